The van der Waals surface area contributed by atoms with Crippen molar-refractivity contribution >= 4 is 31.7 Å². The van der Waals surface area contributed by atoms with Gasteiger partial charge in [-0.1, -0.05) is 15.9 Å². The maximum Gasteiger partial charge on any atom is 0.253 e. The van der Waals surface area contributed by atoms with Crippen molar-refractivity contribution in [3.63, 3.8) is 0 Å². The fourth-order valence-corrected chi connectivity index (χ4v) is 2.70. The second-order valence-electron chi connectivity index (χ2n) is 4.37. The molecule has 18 heavy (non-hydrogen) atoms. The molecule has 0 radical (unpaired) electrons. The van der Waals surface area contributed by atoms with Crippen LogP contribution < -0.4 is 0 Å². The van der Waals surface area contributed by atoms with Gasteiger partial charge in [-0.2, -0.15) is 0 Å². The molecule has 1 aromatic carbocycles. The standard InChI is InChI=1S/C12H16BrNO3S/c1-9-6-10(8-11(13)7-9)12(15)14(2)4-5-18(3,16)17/h6-8H,4-5H2,1-3H3. The average Bonchev–Trinajstić information content (AvgIpc) is 2.22. The lowest BCUT2D eigenvalue weighted by molar-refractivity contribution is 0.0803. The molecule has 6 heteroatoms. The fraction of sp³-hybridized carbons (Fsp3) is 0.417. The van der Waals surface area contributed by atoms with Crippen molar-refractivity contribution in [2.45, 2.75) is 6.92 Å². The molecule has 0 heterocycles. The third kappa shape index (κ3) is 4.78. The molecule has 0 fully saturated rings. The first-order chi connectivity index (χ1) is 8.19. The van der Waals surface area contributed by atoms with E-state index < -0.39 is 9.84 Å². The Kier molecular flexibility index (Phi) is 4.92. The number of amides is 1. The Labute approximate surface area is 116 Å². The number of rotatable bonds is 4. The van der Waals surface area contributed by atoms with Gasteiger partial charge in [-0.25, -0.2) is 8.42 Å². The number of carbonyl (C=O) groups excluding carboxylic acids is 1. The van der Waals surface area contributed by atoms with Crippen molar-refractivity contribution in [1.82, 2.24) is 4.90 Å². The van der Waals surface area contributed by atoms with Gasteiger partial charge in [0.25, 0.3) is 5.91 Å². The molecule has 4 nitrogen and oxygen atoms in total. The molecule has 100 valence electrons. The summed E-state index contributed by atoms with van der Waals surface area (Å²) in [6.07, 6.45) is 1.16. The minimum Gasteiger partial charge on any atom is -0.341 e. The summed E-state index contributed by atoms with van der Waals surface area (Å²) in [6, 6.07) is 5.42. The van der Waals surface area contributed by atoms with E-state index in [9.17, 15) is 13.2 Å². The molecule has 0 saturated heterocycles. The van der Waals surface area contributed by atoms with Crippen LogP contribution in [0.2, 0.25) is 0 Å². The third-order valence-electron chi connectivity index (χ3n) is 2.43. The van der Waals surface area contributed by atoms with Crippen molar-refractivity contribution in [2.75, 3.05) is 25.6 Å². The summed E-state index contributed by atoms with van der Waals surface area (Å²) in [7, 11) is -1.45. The van der Waals surface area contributed by atoms with Gasteiger partial charge >= 0.3 is 0 Å². The monoisotopic (exact) mass is 333 g/mol. The average molecular weight is 334 g/mol. The van der Waals surface area contributed by atoms with Crippen molar-refractivity contribution in [1.29, 1.82) is 0 Å². The van der Waals surface area contributed by atoms with Gasteiger partial charge in [0.15, 0.2) is 0 Å². The van der Waals surface area contributed by atoms with Gasteiger partial charge in [-0.15, -0.1) is 0 Å². The molecular formula is C12H16BrNO3S. The molecule has 1 aromatic rings. The van der Waals surface area contributed by atoms with E-state index in [0.29, 0.717) is 5.56 Å². The van der Waals surface area contributed by atoms with Crippen LogP contribution in [0.5, 0.6) is 0 Å². The van der Waals surface area contributed by atoms with Crippen molar-refractivity contribution < 1.29 is 13.2 Å². The normalized spacial score (nSPS) is 11.3. The van der Waals surface area contributed by atoms with Gasteiger partial charge in [0.2, 0.25) is 0 Å². The molecule has 0 saturated carbocycles. The van der Waals surface area contributed by atoms with Gasteiger partial charge in [-0.3, -0.25) is 4.79 Å². The minimum atomic E-state index is -3.05. The molecule has 0 unspecified atom stereocenters. The van der Waals surface area contributed by atoms with Gasteiger partial charge in [-0.05, 0) is 30.7 Å². The molecule has 0 aliphatic rings. The third-order valence-corrected chi connectivity index (χ3v) is 3.82. The highest BCUT2D eigenvalue weighted by Crippen LogP contribution is 2.16. The summed E-state index contributed by atoms with van der Waals surface area (Å²) in [5.41, 5.74) is 1.53. The number of aryl methyl sites for hydroxylation is 1. The zero-order valence-electron chi connectivity index (χ0n) is 10.6. The Morgan fingerprint density at radius 3 is 2.44 bits per heavy atom. The van der Waals surface area contributed by atoms with Crippen LogP contribution in [0, 0.1) is 6.92 Å². The summed E-state index contributed by atoms with van der Waals surface area (Å²) in [4.78, 5) is 13.5. The number of hydrogen-bond acceptors (Lipinski definition) is 3. The van der Waals surface area contributed by atoms with Crippen molar-refractivity contribution in [2.24, 2.45) is 0 Å². The van der Waals surface area contributed by atoms with Crippen LogP contribution in [0.15, 0.2) is 22.7 Å². The SMILES string of the molecule is Cc1cc(Br)cc(C(=O)N(C)CCS(C)(=O)=O)c1. The summed E-state index contributed by atoms with van der Waals surface area (Å²) in [5.74, 6) is -0.203. The van der Waals surface area contributed by atoms with E-state index >= 15 is 0 Å². The highest BCUT2D eigenvalue weighted by molar-refractivity contribution is 9.10. The Balaban J connectivity index is 2.80. The molecule has 0 N–H and O–H groups in total. The number of hydrogen-bond donors (Lipinski definition) is 0. The van der Waals surface area contributed by atoms with Gasteiger partial charge in [0.05, 0.1) is 5.75 Å². The zero-order valence-corrected chi connectivity index (χ0v) is 13.0. The molecule has 1 amide bonds. The minimum absolute atomic E-state index is 0.0256. The molecule has 0 aliphatic carbocycles. The van der Waals surface area contributed by atoms with Gasteiger partial charge in [0.1, 0.15) is 9.84 Å². The zero-order chi connectivity index (χ0) is 13.9. The van der Waals surface area contributed by atoms with E-state index in [4.69, 9.17) is 0 Å². The first-order valence-electron chi connectivity index (χ1n) is 5.39. The Bertz CT molecular complexity index is 534. The Morgan fingerprint density at radius 2 is 1.94 bits per heavy atom. The maximum atomic E-state index is 12.1. The summed E-state index contributed by atoms with van der Waals surface area (Å²) >= 11 is 3.33. The van der Waals surface area contributed by atoms with E-state index in [0.717, 1.165) is 16.3 Å². The van der Waals surface area contributed by atoms with Gasteiger partial charge < -0.3 is 4.90 Å². The lowest BCUT2D eigenvalue weighted by Crippen LogP contribution is -2.31. The van der Waals surface area contributed by atoms with Crippen LogP contribution in [0.1, 0.15) is 15.9 Å². The Hall–Kier alpha value is -0.880. The number of carbonyl (C=O) groups is 1. The highest BCUT2D eigenvalue weighted by atomic mass is 79.9. The van der Waals surface area contributed by atoms with E-state index in [1.165, 1.54) is 4.90 Å². The number of sulfone groups is 1. The van der Waals surface area contributed by atoms with Crippen molar-refractivity contribution in [3.8, 4) is 0 Å². The highest BCUT2D eigenvalue weighted by Gasteiger charge is 2.14. The van der Waals surface area contributed by atoms with E-state index in [2.05, 4.69) is 15.9 Å². The quantitative estimate of drug-likeness (QED) is 0.845. The fourth-order valence-electron chi connectivity index (χ4n) is 1.48. The predicted octanol–water partition coefficient (Wildman–Crippen LogP) is 1.87. The first kappa shape index (κ1) is 15.2. The topological polar surface area (TPSA) is 54.5 Å². The molecular weight excluding hydrogens is 318 g/mol. The van der Waals surface area contributed by atoms with E-state index in [-0.39, 0.29) is 18.2 Å². The number of halogens is 1. The molecule has 0 atom stereocenters. The molecule has 0 spiro atoms. The van der Waals surface area contributed by atoms with Crippen LogP contribution >= 0.6 is 15.9 Å². The Morgan fingerprint density at radius 1 is 1.33 bits per heavy atom. The second kappa shape index (κ2) is 5.84. The van der Waals surface area contributed by atoms with E-state index in [1.54, 1.807) is 19.2 Å². The largest absolute Gasteiger partial charge is 0.341 e. The first-order valence-corrected chi connectivity index (χ1v) is 8.25. The van der Waals surface area contributed by atoms with Crippen LogP contribution in [-0.2, 0) is 9.84 Å². The number of benzene rings is 1. The molecule has 0 bridgehead atoms. The maximum absolute atomic E-state index is 12.1. The van der Waals surface area contributed by atoms with Gasteiger partial charge in [0, 0.05) is 29.9 Å². The van der Waals surface area contributed by atoms with Crippen LogP contribution in [-0.4, -0.2) is 44.8 Å². The number of nitrogens with zero attached hydrogens (tertiary/aromatic N) is 1. The predicted molar refractivity (Wildman–Crippen MR) is 75.6 cm³/mol. The smallest absolute Gasteiger partial charge is 0.253 e. The summed E-state index contributed by atoms with van der Waals surface area (Å²) < 4.78 is 23.0. The molecule has 1 rings (SSSR count). The van der Waals surface area contributed by atoms with Crippen LogP contribution in [0.3, 0.4) is 0 Å². The molecule has 0 aliphatic heterocycles. The lowest BCUT2D eigenvalue weighted by Gasteiger charge is -2.17. The van der Waals surface area contributed by atoms with Crippen molar-refractivity contribution in [3.05, 3.63) is 33.8 Å². The molecule has 0 aromatic heterocycles. The van der Waals surface area contributed by atoms with E-state index in [1.807, 2.05) is 13.0 Å². The summed E-state index contributed by atoms with van der Waals surface area (Å²) in [6.45, 7) is 2.10. The van der Waals surface area contributed by atoms with Crippen LogP contribution in [0.25, 0.3) is 0 Å². The lowest BCUT2D eigenvalue weighted by atomic mass is 10.1. The second-order valence-corrected chi connectivity index (χ2v) is 7.55. The summed E-state index contributed by atoms with van der Waals surface area (Å²) in [5, 5.41) is 0. The van der Waals surface area contributed by atoms with Crippen LogP contribution in [0.4, 0.5) is 0 Å².